The number of benzene rings is 1. The summed E-state index contributed by atoms with van der Waals surface area (Å²) < 4.78 is 0. The summed E-state index contributed by atoms with van der Waals surface area (Å²) in [6, 6.07) is 19.3. The van der Waals surface area contributed by atoms with E-state index in [0.29, 0.717) is 37.7 Å². The normalized spacial score (nSPS) is 13.9. The second-order valence-electron chi connectivity index (χ2n) is 7.79. The molecule has 1 amide bonds. The van der Waals surface area contributed by atoms with Gasteiger partial charge in [-0.2, -0.15) is 0 Å². The zero-order valence-electron chi connectivity index (χ0n) is 17.8. The Morgan fingerprint density at radius 1 is 0.875 bits per heavy atom. The Hall–Kier alpha value is -4.07. The van der Waals surface area contributed by atoms with Crippen LogP contribution in [0.3, 0.4) is 0 Å². The number of pyridine rings is 2. The molecule has 32 heavy (non-hydrogen) atoms. The third-order valence-electron chi connectivity index (χ3n) is 5.53. The number of piperazine rings is 1. The monoisotopic (exact) mass is 425 g/mol. The number of hydrogen-bond donors (Lipinski definition) is 1. The van der Waals surface area contributed by atoms with Gasteiger partial charge >= 0.3 is 0 Å². The summed E-state index contributed by atoms with van der Waals surface area (Å²) in [5.41, 5.74) is 2.42. The topological polar surface area (TPSA) is 87.1 Å². The molecule has 1 N–H and O–H groups in total. The predicted molar refractivity (Wildman–Crippen MR) is 124 cm³/mol. The third-order valence-corrected chi connectivity index (χ3v) is 5.53. The van der Waals surface area contributed by atoms with Gasteiger partial charge < -0.3 is 15.1 Å². The molecular weight excluding hydrogens is 402 g/mol. The first-order valence-electron chi connectivity index (χ1n) is 10.6. The molecule has 8 nitrogen and oxygen atoms in total. The molecule has 0 radical (unpaired) electrons. The summed E-state index contributed by atoms with van der Waals surface area (Å²) in [4.78, 5) is 25.8. The number of rotatable bonds is 4. The fourth-order valence-corrected chi connectivity index (χ4v) is 3.72. The molecule has 160 valence electrons. The maximum atomic E-state index is 12.9. The van der Waals surface area contributed by atoms with Crippen molar-refractivity contribution in [3.8, 4) is 0 Å². The molecule has 0 bridgehead atoms. The summed E-state index contributed by atoms with van der Waals surface area (Å²) in [7, 11) is 0. The predicted octanol–water partition coefficient (Wildman–Crippen LogP) is 3.43. The molecule has 8 heteroatoms. The van der Waals surface area contributed by atoms with Crippen LogP contribution < -0.4 is 10.2 Å². The van der Waals surface area contributed by atoms with Crippen LogP contribution in [-0.4, -0.2) is 57.2 Å². The Morgan fingerprint density at radius 2 is 1.69 bits per heavy atom. The highest BCUT2D eigenvalue weighted by molar-refractivity contribution is 5.95. The quantitative estimate of drug-likeness (QED) is 0.536. The first-order chi connectivity index (χ1) is 15.7. The standard InChI is InChI=1S/C24H23N7O/c1-17-6-9-21(25-16-17)27-22-10-11-23(29-28-22)30-12-14-31(15-13-30)24(32)20-8-7-18-4-2-3-5-19(18)26-20/h2-11,16H,12-15H2,1H3,(H,25,27,28). The van der Waals surface area contributed by atoms with E-state index >= 15 is 0 Å². The van der Waals surface area contributed by atoms with E-state index in [1.54, 1.807) is 12.3 Å². The van der Waals surface area contributed by atoms with Crippen LogP contribution in [0.2, 0.25) is 0 Å². The highest BCUT2D eigenvalue weighted by Crippen LogP contribution is 2.18. The van der Waals surface area contributed by atoms with Crippen molar-refractivity contribution in [2.75, 3.05) is 36.4 Å². The average Bonchev–Trinajstić information content (AvgIpc) is 2.85. The Bertz CT molecular complexity index is 1230. The van der Waals surface area contributed by atoms with Crippen LogP contribution >= 0.6 is 0 Å². The van der Waals surface area contributed by atoms with E-state index in [1.165, 1.54) is 0 Å². The number of nitrogens with one attached hydrogen (secondary N) is 1. The zero-order valence-corrected chi connectivity index (χ0v) is 17.8. The van der Waals surface area contributed by atoms with Crippen LogP contribution in [0.1, 0.15) is 16.1 Å². The van der Waals surface area contributed by atoms with E-state index in [4.69, 9.17) is 0 Å². The number of aromatic nitrogens is 4. The van der Waals surface area contributed by atoms with E-state index in [9.17, 15) is 4.79 Å². The highest BCUT2D eigenvalue weighted by Gasteiger charge is 2.24. The third kappa shape index (κ3) is 4.20. The van der Waals surface area contributed by atoms with Gasteiger partial charge in [0, 0.05) is 37.8 Å². The number of amides is 1. The van der Waals surface area contributed by atoms with Gasteiger partial charge in [-0.15, -0.1) is 10.2 Å². The number of fused-ring (bicyclic) bond motifs is 1. The summed E-state index contributed by atoms with van der Waals surface area (Å²) in [6.45, 7) is 4.61. The summed E-state index contributed by atoms with van der Waals surface area (Å²) >= 11 is 0. The Morgan fingerprint density at radius 3 is 2.44 bits per heavy atom. The van der Waals surface area contributed by atoms with Crippen molar-refractivity contribution in [2.24, 2.45) is 0 Å². The minimum atomic E-state index is -0.0355. The van der Waals surface area contributed by atoms with Crippen molar-refractivity contribution in [1.29, 1.82) is 0 Å². The van der Waals surface area contributed by atoms with Gasteiger partial charge in [0.1, 0.15) is 11.5 Å². The van der Waals surface area contributed by atoms with Crippen LogP contribution in [0.4, 0.5) is 17.5 Å². The van der Waals surface area contributed by atoms with Gasteiger partial charge in [-0.25, -0.2) is 9.97 Å². The SMILES string of the molecule is Cc1ccc(Nc2ccc(N3CCN(C(=O)c4ccc5ccccc5n4)CC3)nn2)nc1. The number of aryl methyl sites for hydroxylation is 1. The van der Waals surface area contributed by atoms with Crippen molar-refractivity contribution in [3.05, 3.63) is 78.1 Å². The molecule has 0 atom stereocenters. The molecule has 4 heterocycles. The molecule has 5 rings (SSSR count). The van der Waals surface area contributed by atoms with E-state index in [1.807, 2.05) is 66.4 Å². The van der Waals surface area contributed by atoms with E-state index < -0.39 is 0 Å². The van der Waals surface area contributed by atoms with Crippen LogP contribution in [-0.2, 0) is 0 Å². The van der Waals surface area contributed by atoms with Gasteiger partial charge in [-0.05, 0) is 42.8 Å². The molecule has 1 saturated heterocycles. The number of nitrogens with zero attached hydrogens (tertiary/aromatic N) is 6. The van der Waals surface area contributed by atoms with E-state index in [2.05, 4.69) is 30.4 Å². The van der Waals surface area contributed by atoms with Crippen molar-refractivity contribution in [2.45, 2.75) is 6.92 Å². The number of carbonyl (C=O) groups excluding carboxylic acids is 1. The van der Waals surface area contributed by atoms with Crippen LogP contribution in [0.15, 0.2) is 66.9 Å². The Labute approximate surface area is 185 Å². The van der Waals surface area contributed by atoms with Gasteiger partial charge in [0.25, 0.3) is 5.91 Å². The smallest absolute Gasteiger partial charge is 0.272 e. The van der Waals surface area contributed by atoms with Crippen molar-refractivity contribution in [3.63, 3.8) is 0 Å². The van der Waals surface area contributed by atoms with Gasteiger partial charge in [0.15, 0.2) is 11.6 Å². The van der Waals surface area contributed by atoms with Gasteiger partial charge in [0.05, 0.1) is 5.52 Å². The summed E-state index contributed by atoms with van der Waals surface area (Å²) in [5.74, 6) is 2.13. The molecular formula is C24H23N7O. The Kier molecular flexibility index (Phi) is 5.33. The number of hydrogen-bond acceptors (Lipinski definition) is 7. The first-order valence-corrected chi connectivity index (χ1v) is 10.6. The van der Waals surface area contributed by atoms with Gasteiger partial charge in [0.2, 0.25) is 0 Å². The molecule has 1 aliphatic rings. The second-order valence-corrected chi connectivity index (χ2v) is 7.79. The lowest BCUT2D eigenvalue weighted by atomic mass is 10.2. The van der Waals surface area contributed by atoms with Crippen molar-refractivity contribution < 1.29 is 4.79 Å². The minimum absolute atomic E-state index is 0.0355. The molecule has 1 fully saturated rings. The lowest BCUT2D eigenvalue weighted by Gasteiger charge is -2.35. The summed E-state index contributed by atoms with van der Waals surface area (Å²) in [6.07, 6.45) is 1.80. The largest absolute Gasteiger partial charge is 0.352 e. The molecule has 1 aromatic carbocycles. The molecule has 1 aliphatic heterocycles. The van der Waals surface area contributed by atoms with Crippen molar-refractivity contribution >= 4 is 34.3 Å². The summed E-state index contributed by atoms with van der Waals surface area (Å²) in [5, 5.41) is 12.8. The molecule has 0 aliphatic carbocycles. The van der Waals surface area contributed by atoms with Crippen LogP contribution in [0.25, 0.3) is 10.9 Å². The number of para-hydroxylation sites is 1. The molecule has 0 spiro atoms. The molecule has 3 aromatic heterocycles. The molecule has 0 unspecified atom stereocenters. The maximum absolute atomic E-state index is 12.9. The van der Waals surface area contributed by atoms with E-state index in [0.717, 1.165) is 28.1 Å². The number of anilines is 3. The van der Waals surface area contributed by atoms with Gasteiger partial charge in [-0.3, -0.25) is 4.79 Å². The molecule has 0 saturated carbocycles. The maximum Gasteiger partial charge on any atom is 0.272 e. The lowest BCUT2D eigenvalue weighted by molar-refractivity contribution is 0.0741. The molecule has 4 aromatic rings. The fraction of sp³-hybridized carbons (Fsp3) is 0.208. The van der Waals surface area contributed by atoms with Crippen molar-refractivity contribution in [1.82, 2.24) is 25.1 Å². The first kappa shape index (κ1) is 19.9. The van der Waals surface area contributed by atoms with Gasteiger partial charge in [-0.1, -0.05) is 30.3 Å². The minimum Gasteiger partial charge on any atom is -0.352 e. The fourth-order valence-electron chi connectivity index (χ4n) is 3.72. The highest BCUT2D eigenvalue weighted by atomic mass is 16.2. The van der Waals surface area contributed by atoms with Crippen LogP contribution in [0, 0.1) is 6.92 Å². The number of carbonyl (C=O) groups is 1. The second kappa shape index (κ2) is 8.58. The average molecular weight is 425 g/mol. The Balaban J connectivity index is 1.20. The lowest BCUT2D eigenvalue weighted by Crippen LogP contribution is -2.49. The zero-order chi connectivity index (χ0) is 21.9. The van der Waals surface area contributed by atoms with Crippen LogP contribution in [0.5, 0.6) is 0 Å². The van der Waals surface area contributed by atoms with E-state index in [-0.39, 0.29) is 5.91 Å².